The summed E-state index contributed by atoms with van der Waals surface area (Å²) in [7, 11) is 0. The molecule has 32 heavy (non-hydrogen) atoms. The summed E-state index contributed by atoms with van der Waals surface area (Å²) in [6, 6.07) is 30.5. The maximum atomic E-state index is 13.3. The first-order chi connectivity index (χ1) is 14.6. The van der Waals surface area contributed by atoms with Crippen molar-refractivity contribution in [2.24, 2.45) is 0 Å². The standard InChI is InChI=1S/C27H31N2O.2Li/c1-21(24-13-7-4-8-14-24)28-20-19-27(30)29(22(2)25-15-9-5-10-16-25)23(3)26-17-11-6-12-18-26;;/h4-19,21-23,30H,20H2,1-3H3;;/q-1;2*+1/p-1/b27-19-;;/t21-,22-,23-;;/m1../s1. The molecule has 0 heterocycles. The summed E-state index contributed by atoms with van der Waals surface area (Å²) in [4.78, 5) is 1.95. The van der Waals surface area contributed by atoms with Gasteiger partial charge in [-0.2, -0.15) is 0 Å². The maximum Gasteiger partial charge on any atom is 1.00 e. The third-order valence-electron chi connectivity index (χ3n) is 5.58. The smallest absolute Gasteiger partial charge is 0.861 e. The average Bonchev–Trinajstić information content (AvgIpc) is 2.80. The number of hydrogen-bond acceptors (Lipinski definition) is 2. The predicted octanol–water partition coefficient (Wildman–Crippen LogP) is 0.155. The summed E-state index contributed by atoms with van der Waals surface area (Å²) in [5, 5.41) is 18.0. The van der Waals surface area contributed by atoms with E-state index in [4.69, 9.17) is 0 Å². The second-order valence-electron chi connectivity index (χ2n) is 7.57. The van der Waals surface area contributed by atoms with Gasteiger partial charge in [0, 0.05) is 0 Å². The van der Waals surface area contributed by atoms with Crippen LogP contribution in [0.3, 0.4) is 0 Å². The summed E-state index contributed by atoms with van der Waals surface area (Å²) < 4.78 is 0. The van der Waals surface area contributed by atoms with E-state index in [1.807, 2.05) is 59.5 Å². The molecule has 3 atom stereocenters. The fraction of sp³-hybridized carbons (Fsp3) is 0.259. The van der Waals surface area contributed by atoms with Gasteiger partial charge in [-0.05, 0) is 30.9 Å². The first-order valence-corrected chi connectivity index (χ1v) is 10.5. The molecule has 3 nitrogen and oxygen atoms in total. The van der Waals surface area contributed by atoms with Crippen LogP contribution >= 0.6 is 0 Å². The summed E-state index contributed by atoms with van der Waals surface area (Å²) >= 11 is 0. The maximum absolute atomic E-state index is 13.3. The molecule has 0 bridgehead atoms. The molecule has 0 aliphatic rings. The van der Waals surface area contributed by atoms with Gasteiger partial charge in [0.15, 0.2) is 0 Å². The Hall–Kier alpha value is -1.85. The fourth-order valence-corrected chi connectivity index (χ4v) is 3.73. The van der Waals surface area contributed by atoms with Gasteiger partial charge in [0.1, 0.15) is 0 Å². The topological polar surface area (TPSA) is 40.4 Å². The normalized spacial score (nSPS) is 13.8. The van der Waals surface area contributed by atoms with Crippen LogP contribution in [0.25, 0.3) is 5.32 Å². The minimum atomic E-state index is -0.0447. The first-order valence-electron chi connectivity index (χ1n) is 10.5. The van der Waals surface area contributed by atoms with Crippen molar-refractivity contribution in [3.8, 4) is 0 Å². The van der Waals surface area contributed by atoms with E-state index < -0.39 is 0 Å². The molecule has 0 aromatic heterocycles. The number of hydrogen-bond donors (Lipinski definition) is 0. The average molecular weight is 412 g/mol. The Morgan fingerprint density at radius 2 is 1.09 bits per heavy atom. The second kappa shape index (κ2) is 14.3. The molecular formula is C27H30Li2N2O. The van der Waals surface area contributed by atoms with Crippen LogP contribution in [-0.2, 0) is 0 Å². The van der Waals surface area contributed by atoms with Gasteiger partial charge in [0.2, 0.25) is 0 Å². The Morgan fingerprint density at radius 3 is 1.50 bits per heavy atom. The molecule has 0 saturated carbocycles. The van der Waals surface area contributed by atoms with Gasteiger partial charge in [-0.15, -0.1) is 12.6 Å². The zero-order valence-corrected chi connectivity index (χ0v) is 20.0. The molecule has 0 N–H and O–H groups in total. The number of benzene rings is 3. The zero-order chi connectivity index (χ0) is 21.3. The van der Waals surface area contributed by atoms with E-state index in [1.165, 1.54) is 0 Å². The minimum Gasteiger partial charge on any atom is -0.861 e. The van der Waals surface area contributed by atoms with Crippen molar-refractivity contribution in [1.29, 1.82) is 0 Å². The molecule has 0 radical (unpaired) electrons. The molecule has 156 valence electrons. The predicted molar refractivity (Wildman–Crippen MR) is 123 cm³/mol. The Kier molecular flexibility index (Phi) is 12.6. The molecule has 0 amide bonds. The summed E-state index contributed by atoms with van der Waals surface area (Å²) in [6.07, 6.45) is 1.71. The van der Waals surface area contributed by atoms with Crippen molar-refractivity contribution in [2.45, 2.75) is 38.9 Å². The third-order valence-corrected chi connectivity index (χ3v) is 5.58. The SMILES string of the molecule is C[C@H](c1ccccc1)N(/C([O-])=C/C[N-][C@H](C)c1ccccc1)[C@H](C)c1ccccc1.[Li+].[Li+]. The van der Waals surface area contributed by atoms with Crippen LogP contribution in [0.4, 0.5) is 0 Å². The van der Waals surface area contributed by atoms with Crippen LogP contribution in [0.5, 0.6) is 0 Å². The molecule has 0 spiro atoms. The zero-order valence-electron chi connectivity index (χ0n) is 20.0. The van der Waals surface area contributed by atoms with Crippen molar-refractivity contribution < 1.29 is 42.8 Å². The van der Waals surface area contributed by atoms with E-state index in [-0.39, 0.29) is 61.7 Å². The van der Waals surface area contributed by atoms with E-state index in [9.17, 15) is 5.11 Å². The molecule has 5 heteroatoms. The molecule has 3 rings (SSSR count). The van der Waals surface area contributed by atoms with Crippen molar-refractivity contribution in [2.75, 3.05) is 6.54 Å². The minimum absolute atomic E-state index is 0. The Labute approximate surface area is 217 Å². The van der Waals surface area contributed by atoms with Crippen molar-refractivity contribution >= 4 is 0 Å². The number of nitrogens with zero attached hydrogens (tertiary/aromatic N) is 2. The van der Waals surface area contributed by atoms with Crippen LogP contribution in [0, 0.1) is 0 Å². The molecule has 0 aliphatic carbocycles. The van der Waals surface area contributed by atoms with E-state index in [2.05, 4.69) is 62.5 Å². The van der Waals surface area contributed by atoms with E-state index in [0.717, 1.165) is 16.7 Å². The molecule has 3 aromatic rings. The summed E-state index contributed by atoms with van der Waals surface area (Å²) in [6.45, 7) is 6.63. The molecule has 0 fully saturated rings. The Balaban J connectivity index is 0.00000256. The van der Waals surface area contributed by atoms with Crippen molar-refractivity contribution in [3.63, 3.8) is 0 Å². The van der Waals surface area contributed by atoms with Gasteiger partial charge in [0.05, 0.1) is 12.1 Å². The van der Waals surface area contributed by atoms with E-state index in [1.54, 1.807) is 6.08 Å². The van der Waals surface area contributed by atoms with Gasteiger partial charge < -0.3 is 15.3 Å². The van der Waals surface area contributed by atoms with Gasteiger partial charge in [-0.25, -0.2) is 0 Å². The van der Waals surface area contributed by atoms with E-state index in [0.29, 0.717) is 6.54 Å². The van der Waals surface area contributed by atoms with Gasteiger partial charge in [-0.3, -0.25) is 0 Å². The van der Waals surface area contributed by atoms with Crippen LogP contribution < -0.4 is 42.8 Å². The van der Waals surface area contributed by atoms with Gasteiger partial charge >= 0.3 is 37.7 Å². The molecule has 0 aliphatic heterocycles. The van der Waals surface area contributed by atoms with Gasteiger partial charge in [0.25, 0.3) is 0 Å². The van der Waals surface area contributed by atoms with Crippen LogP contribution in [0.2, 0.25) is 0 Å². The van der Waals surface area contributed by atoms with Crippen LogP contribution in [0.1, 0.15) is 55.6 Å². The largest absolute Gasteiger partial charge is 1.00 e. The Bertz CT molecular complexity index is 875. The van der Waals surface area contributed by atoms with Crippen molar-refractivity contribution in [1.82, 2.24) is 4.90 Å². The Morgan fingerprint density at radius 1 is 0.719 bits per heavy atom. The van der Waals surface area contributed by atoms with Crippen LogP contribution in [-0.4, -0.2) is 11.4 Å². The molecule has 0 saturated heterocycles. The molecular weight excluding hydrogens is 382 g/mol. The fourth-order valence-electron chi connectivity index (χ4n) is 3.73. The first kappa shape index (κ1) is 28.2. The number of rotatable bonds is 9. The summed E-state index contributed by atoms with van der Waals surface area (Å²) in [5.74, 6) is 0.00622. The quantitative estimate of drug-likeness (QED) is 0.371. The van der Waals surface area contributed by atoms with Crippen LogP contribution in [0.15, 0.2) is 103 Å². The second-order valence-corrected chi connectivity index (χ2v) is 7.57. The molecule has 0 unspecified atom stereocenters. The summed E-state index contributed by atoms with van der Waals surface area (Å²) in [5.41, 5.74) is 3.40. The van der Waals surface area contributed by atoms with E-state index >= 15 is 0 Å². The third kappa shape index (κ3) is 7.63. The van der Waals surface area contributed by atoms with Crippen molar-refractivity contribution in [3.05, 3.63) is 125 Å². The molecule has 3 aromatic carbocycles. The monoisotopic (exact) mass is 412 g/mol. The van der Waals surface area contributed by atoms with Gasteiger partial charge in [-0.1, -0.05) is 110 Å².